The Labute approximate surface area is 188 Å². The van der Waals surface area contributed by atoms with E-state index in [0.717, 1.165) is 29.1 Å². The number of aliphatic imine (C=N–C) groups is 1. The molecule has 0 atom stereocenters. The summed E-state index contributed by atoms with van der Waals surface area (Å²) >= 11 is 13.6. The normalized spacial score (nSPS) is 19.2. The largest absolute Gasteiger partial charge is 0.331 e. The highest BCUT2D eigenvalue weighted by atomic mass is 35.5. The lowest BCUT2D eigenvalue weighted by Gasteiger charge is -2.04. The molecule has 2 heterocycles. The number of aromatic nitrogens is 2. The first-order chi connectivity index (χ1) is 14.6. The van der Waals surface area contributed by atoms with Crippen LogP contribution in [-0.2, 0) is 11.3 Å². The molecule has 1 saturated carbocycles. The summed E-state index contributed by atoms with van der Waals surface area (Å²) in [6, 6.07) is 11.2. The Morgan fingerprint density at radius 1 is 1.23 bits per heavy atom. The first-order valence-corrected chi connectivity index (χ1v) is 11.3. The van der Waals surface area contributed by atoms with Crippen LogP contribution in [0.2, 0.25) is 10.0 Å². The van der Waals surface area contributed by atoms with Crippen molar-refractivity contribution in [3.63, 3.8) is 0 Å². The van der Waals surface area contributed by atoms with Gasteiger partial charge in [-0.1, -0.05) is 48.2 Å². The Balaban J connectivity index is 1.40. The van der Waals surface area contributed by atoms with E-state index in [9.17, 15) is 4.79 Å². The van der Waals surface area contributed by atoms with Crippen LogP contribution in [0, 0.1) is 5.92 Å². The fourth-order valence-corrected chi connectivity index (χ4v) is 4.71. The summed E-state index contributed by atoms with van der Waals surface area (Å²) in [7, 11) is 0. The van der Waals surface area contributed by atoms with Gasteiger partial charge in [-0.2, -0.15) is 0 Å². The number of imidazole rings is 1. The van der Waals surface area contributed by atoms with Crippen LogP contribution in [0.3, 0.4) is 0 Å². The summed E-state index contributed by atoms with van der Waals surface area (Å²) in [4.78, 5) is 21.9. The van der Waals surface area contributed by atoms with Crippen LogP contribution in [0.4, 0.5) is 5.69 Å². The van der Waals surface area contributed by atoms with E-state index < -0.39 is 0 Å². The van der Waals surface area contributed by atoms with Crippen LogP contribution in [0.25, 0.3) is 17.1 Å². The zero-order chi connectivity index (χ0) is 20.7. The lowest BCUT2D eigenvalue weighted by atomic mass is 10.2. The third-order valence-corrected chi connectivity index (χ3v) is 6.74. The number of carbonyl (C=O) groups excluding carboxylic acids is 1. The second-order valence-corrected chi connectivity index (χ2v) is 9.32. The smallest absolute Gasteiger partial charge is 0.264 e. The molecule has 3 aromatic rings. The van der Waals surface area contributed by atoms with E-state index in [4.69, 9.17) is 23.2 Å². The van der Waals surface area contributed by atoms with Crippen molar-refractivity contribution in [2.75, 3.05) is 0 Å². The van der Waals surface area contributed by atoms with Gasteiger partial charge in [0.1, 0.15) is 5.69 Å². The average Bonchev–Trinajstić information content (AvgIpc) is 3.38. The standard InChI is InChI=1S/C22H18Cl2N4OS/c23-15-2-1-3-16(24)20(15)26-22-27-21(29)19(30-22)11-14-6-7-17-18(10-14)28(12-25-17)9-8-13-4-5-13/h1-3,6-7,10-13H,4-5,8-9H2,(H,26,27,29)/b19-11+. The van der Waals surface area contributed by atoms with Crippen molar-refractivity contribution in [1.82, 2.24) is 14.9 Å². The number of amidine groups is 1. The average molecular weight is 457 g/mol. The van der Waals surface area contributed by atoms with E-state index in [1.807, 2.05) is 24.5 Å². The molecule has 1 aromatic heterocycles. The predicted molar refractivity (Wildman–Crippen MR) is 124 cm³/mol. The molecule has 2 aromatic carbocycles. The van der Waals surface area contributed by atoms with E-state index in [0.29, 0.717) is 25.8 Å². The number of halogens is 2. The number of carbonyl (C=O) groups is 1. The maximum Gasteiger partial charge on any atom is 0.264 e. The van der Waals surface area contributed by atoms with E-state index in [2.05, 4.69) is 25.9 Å². The molecule has 0 spiro atoms. The Bertz CT molecular complexity index is 1190. The molecule has 5 rings (SSSR count). The second-order valence-electron chi connectivity index (χ2n) is 7.47. The molecule has 1 aliphatic heterocycles. The lowest BCUT2D eigenvalue weighted by Crippen LogP contribution is -2.19. The molecule has 2 fully saturated rings. The number of para-hydroxylation sites is 1. The third kappa shape index (κ3) is 4.13. The van der Waals surface area contributed by atoms with E-state index in [-0.39, 0.29) is 5.91 Å². The number of rotatable bonds is 5. The van der Waals surface area contributed by atoms with E-state index in [1.165, 1.54) is 31.0 Å². The minimum Gasteiger partial charge on any atom is -0.331 e. The number of hydrogen-bond acceptors (Lipinski definition) is 4. The van der Waals surface area contributed by atoms with Crippen LogP contribution in [0.1, 0.15) is 24.8 Å². The fraction of sp³-hybridized carbons (Fsp3) is 0.227. The van der Waals surface area contributed by atoms with E-state index in [1.54, 1.807) is 18.2 Å². The molecular formula is C22H18Cl2N4OS. The highest BCUT2D eigenvalue weighted by Crippen LogP contribution is 2.36. The minimum absolute atomic E-state index is 0.190. The summed E-state index contributed by atoms with van der Waals surface area (Å²) < 4.78 is 2.20. The monoisotopic (exact) mass is 456 g/mol. The van der Waals surface area contributed by atoms with Gasteiger partial charge in [-0.25, -0.2) is 9.98 Å². The fourth-order valence-electron chi connectivity index (χ4n) is 3.40. The van der Waals surface area contributed by atoms with Gasteiger partial charge in [0.15, 0.2) is 5.17 Å². The molecule has 1 saturated heterocycles. The molecule has 0 radical (unpaired) electrons. The van der Waals surface area contributed by atoms with Gasteiger partial charge in [-0.05, 0) is 60.0 Å². The van der Waals surface area contributed by atoms with Crippen molar-refractivity contribution in [2.45, 2.75) is 25.8 Å². The van der Waals surface area contributed by atoms with Crippen molar-refractivity contribution in [3.05, 3.63) is 63.2 Å². The van der Waals surface area contributed by atoms with Gasteiger partial charge in [-0.15, -0.1) is 0 Å². The zero-order valence-corrected chi connectivity index (χ0v) is 18.3. The highest BCUT2D eigenvalue weighted by molar-refractivity contribution is 8.18. The first kappa shape index (κ1) is 19.7. The molecule has 152 valence electrons. The van der Waals surface area contributed by atoms with Crippen LogP contribution >= 0.6 is 35.0 Å². The van der Waals surface area contributed by atoms with Gasteiger partial charge < -0.3 is 9.88 Å². The number of fused-ring (bicyclic) bond motifs is 1. The first-order valence-electron chi connectivity index (χ1n) is 9.75. The van der Waals surface area contributed by atoms with Crippen molar-refractivity contribution >= 4 is 68.8 Å². The van der Waals surface area contributed by atoms with Gasteiger partial charge in [0.05, 0.1) is 32.3 Å². The van der Waals surface area contributed by atoms with Crippen LogP contribution < -0.4 is 5.32 Å². The summed E-state index contributed by atoms with van der Waals surface area (Å²) in [5.74, 6) is 0.680. The van der Waals surface area contributed by atoms with Crippen molar-refractivity contribution in [2.24, 2.45) is 10.9 Å². The number of hydrogen-bond donors (Lipinski definition) is 1. The molecule has 5 nitrogen and oxygen atoms in total. The number of aryl methyl sites for hydroxylation is 1. The quantitative estimate of drug-likeness (QED) is 0.476. The zero-order valence-electron chi connectivity index (χ0n) is 15.9. The number of nitrogens with one attached hydrogen (secondary N) is 1. The van der Waals surface area contributed by atoms with E-state index >= 15 is 0 Å². The number of thioether (sulfide) groups is 1. The molecule has 8 heteroatoms. The number of nitrogens with zero attached hydrogens (tertiary/aromatic N) is 3. The summed E-state index contributed by atoms with van der Waals surface area (Å²) in [6.45, 7) is 0.978. The predicted octanol–water partition coefficient (Wildman–Crippen LogP) is 6.03. The van der Waals surface area contributed by atoms with Crippen molar-refractivity contribution in [3.8, 4) is 0 Å². The summed E-state index contributed by atoms with van der Waals surface area (Å²) in [5, 5.41) is 4.11. The summed E-state index contributed by atoms with van der Waals surface area (Å²) in [6.07, 6.45) is 7.66. The van der Waals surface area contributed by atoms with Crippen LogP contribution in [0.15, 0.2) is 52.6 Å². The molecule has 0 unspecified atom stereocenters. The Morgan fingerprint density at radius 3 is 2.80 bits per heavy atom. The Hall–Kier alpha value is -2.28. The summed E-state index contributed by atoms with van der Waals surface area (Å²) in [5.41, 5.74) is 3.45. The van der Waals surface area contributed by atoms with Gasteiger partial charge in [-0.3, -0.25) is 4.79 Å². The molecule has 1 N–H and O–H groups in total. The van der Waals surface area contributed by atoms with Gasteiger partial charge >= 0.3 is 0 Å². The molecule has 2 aliphatic rings. The van der Waals surface area contributed by atoms with Crippen molar-refractivity contribution < 1.29 is 4.79 Å². The molecular weight excluding hydrogens is 439 g/mol. The third-order valence-electron chi connectivity index (χ3n) is 5.22. The number of benzene rings is 2. The van der Waals surface area contributed by atoms with Crippen molar-refractivity contribution in [1.29, 1.82) is 0 Å². The second kappa shape index (κ2) is 8.10. The highest BCUT2D eigenvalue weighted by Gasteiger charge is 2.25. The van der Waals surface area contributed by atoms with Gasteiger partial charge in [0.25, 0.3) is 5.91 Å². The van der Waals surface area contributed by atoms with Crippen LogP contribution in [-0.4, -0.2) is 20.6 Å². The molecule has 30 heavy (non-hydrogen) atoms. The SMILES string of the molecule is O=C1NC(=Nc2c(Cl)cccc2Cl)S/C1=C/c1ccc2ncn(CCC3CC3)c2c1. The Morgan fingerprint density at radius 2 is 2.03 bits per heavy atom. The molecule has 1 amide bonds. The van der Waals surface area contributed by atoms with Crippen LogP contribution in [0.5, 0.6) is 0 Å². The Kier molecular flexibility index (Phi) is 5.31. The topological polar surface area (TPSA) is 59.3 Å². The molecule has 0 bridgehead atoms. The lowest BCUT2D eigenvalue weighted by molar-refractivity contribution is -0.115. The number of amides is 1. The van der Waals surface area contributed by atoms with Gasteiger partial charge in [0.2, 0.25) is 0 Å². The maximum absolute atomic E-state index is 12.4. The van der Waals surface area contributed by atoms with Gasteiger partial charge in [0, 0.05) is 6.54 Å². The molecule has 1 aliphatic carbocycles. The maximum atomic E-state index is 12.4. The minimum atomic E-state index is -0.190.